The van der Waals surface area contributed by atoms with Crippen LogP contribution in [0.3, 0.4) is 0 Å². The Bertz CT molecular complexity index is 1470. The average molecular weight is 697 g/mol. The zero-order valence-electron chi connectivity index (χ0n) is 27.6. The number of hydrogen-bond donors (Lipinski definition) is 4. The molecular formula is C34H44N6O6S2. The van der Waals surface area contributed by atoms with Gasteiger partial charge in [0.25, 0.3) is 0 Å². The summed E-state index contributed by atoms with van der Waals surface area (Å²) in [6, 6.07) is 12.0. The topological polar surface area (TPSA) is 169 Å². The van der Waals surface area contributed by atoms with Gasteiger partial charge in [-0.25, -0.2) is 0 Å². The van der Waals surface area contributed by atoms with Crippen LogP contribution in [0.1, 0.15) is 53.4 Å². The fraction of sp³-hybridized carbons (Fsp3) is 0.529. The lowest BCUT2D eigenvalue weighted by atomic mass is 9.83. The highest BCUT2D eigenvalue weighted by molar-refractivity contribution is 8.76. The number of rotatable bonds is 7. The lowest BCUT2D eigenvalue weighted by Crippen LogP contribution is -2.54. The van der Waals surface area contributed by atoms with Gasteiger partial charge in [-0.3, -0.25) is 19.2 Å². The van der Waals surface area contributed by atoms with Gasteiger partial charge in [-0.05, 0) is 60.8 Å². The molecule has 0 radical (unpaired) electrons. The largest absolute Gasteiger partial charge is 0.358 e. The standard InChI is InChI=1S/C34H44N6O6S2/c1-33(2)17-25-39(31(43)19(35)13-15-45-25)27(33)29(41)37-21-9-5-7-11-23(21)47-48-24-12-8-6-10-22(24)38-30(42)28-34(3,4)18-26-40(28)32(44)20(36)14-16-46-26/h5-12,19-20,25-28H,13-18,35-36H2,1-4H3,(H,37,41)(H,38,42)/t19-,20-,25-,26-,27?,28?/m0/s1. The number of para-hydroxylation sites is 2. The molecule has 0 saturated carbocycles. The first kappa shape index (κ1) is 34.7. The summed E-state index contributed by atoms with van der Waals surface area (Å²) in [7, 11) is 2.86. The number of nitrogens with zero attached hydrogens (tertiary/aromatic N) is 2. The monoisotopic (exact) mass is 696 g/mol. The number of amides is 4. The molecule has 6 N–H and O–H groups in total. The minimum Gasteiger partial charge on any atom is -0.358 e. The molecule has 6 atom stereocenters. The van der Waals surface area contributed by atoms with Crippen molar-refractivity contribution >= 4 is 56.6 Å². The maximum atomic E-state index is 13.9. The Morgan fingerprint density at radius 3 is 1.48 bits per heavy atom. The van der Waals surface area contributed by atoms with Gasteiger partial charge in [0.05, 0.1) is 36.7 Å². The summed E-state index contributed by atoms with van der Waals surface area (Å²) in [6.45, 7) is 8.60. The second-order valence-electron chi connectivity index (χ2n) is 14.3. The van der Waals surface area contributed by atoms with Gasteiger partial charge in [0.15, 0.2) is 0 Å². The van der Waals surface area contributed by atoms with Crippen LogP contribution in [0.25, 0.3) is 0 Å². The van der Waals surface area contributed by atoms with E-state index in [0.29, 0.717) is 50.3 Å². The van der Waals surface area contributed by atoms with E-state index in [-0.39, 0.29) is 23.6 Å². The second-order valence-corrected chi connectivity index (χ2v) is 16.5. The van der Waals surface area contributed by atoms with E-state index >= 15 is 0 Å². The molecule has 2 aromatic rings. The van der Waals surface area contributed by atoms with Crippen LogP contribution in [-0.4, -0.2) is 83.3 Å². The molecule has 0 aromatic heterocycles. The van der Waals surface area contributed by atoms with Crippen molar-refractivity contribution < 1.29 is 28.7 Å². The van der Waals surface area contributed by atoms with E-state index in [4.69, 9.17) is 20.9 Å². The van der Waals surface area contributed by atoms with E-state index in [9.17, 15) is 19.2 Å². The first-order chi connectivity index (χ1) is 22.8. The summed E-state index contributed by atoms with van der Waals surface area (Å²) >= 11 is 0. The Morgan fingerprint density at radius 2 is 1.08 bits per heavy atom. The highest BCUT2D eigenvalue weighted by Crippen LogP contribution is 2.47. The van der Waals surface area contributed by atoms with Crippen LogP contribution < -0.4 is 22.1 Å². The van der Waals surface area contributed by atoms with Crippen LogP contribution in [0.4, 0.5) is 11.4 Å². The minimum atomic E-state index is -0.753. The lowest BCUT2D eigenvalue weighted by molar-refractivity contribution is -0.147. The molecular weight excluding hydrogens is 653 g/mol. The molecule has 0 spiro atoms. The lowest BCUT2D eigenvalue weighted by Gasteiger charge is -2.33. The normalized spacial score (nSPS) is 29.5. The number of anilines is 2. The number of nitrogens with one attached hydrogen (secondary N) is 2. The van der Waals surface area contributed by atoms with Crippen LogP contribution in [0.5, 0.6) is 0 Å². The molecule has 4 aliphatic heterocycles. The van der Waals surface area contributed by atoms with Crippen LogP contribution in [0.15, 0.2) is 58.3 Å². The zero-order valence-corrected chi connectivity index (χ0v) is 29.3. The van der Waals surface area contributed by atoms with Crippen LogP contribution in [0, 0.1) is 10.8 Å². The predicted molar refractivity (Wildman–Crippen MR) is 185 cm³/mol. The van der Waals surface area contributed by atoms with E-state index in [1.54, 1.807) is 0 Å². The van der Waals surface area contributed by atoms with Gasteiger partial charge in [-0.15, -0.1) is 0 Å². The van der Waals surface area contributed by atoms with E-state index in [0.717, 1.165) is 9.79 Å². The van der Waals surface area contributed by atoms with Crippen molar-refractivity contribution in [2.45, 2.75) is 99.8 Å². The third kappa shape index (κ3) is 6.70. The number of carbonyl (C=O) groups is 4. The number of fused-ring (bicyclic) bond motifs is 2. The summed E-state index contributed by atoms with van der Waals surface area (Å²) < 4.78 is 11.9. The zero-order chi connectivity index (χ0) is 34.4. The predicted octanol–water partition coefficient (Wildman–Crippen LogP) is 3.76. The maximum absolute atomic E-state index is 13.9. The van der Waals surface area contributed by atoms with Crippen molar-refractivity contribution in [3.05, 3.63) is 48.5 Å². The van der Waals surface area contributed by atoms with E-state index < -0.39 is 47.5 Å². The number of benzene rings is 2. The third-order valence-electron chi connectivity index (χ3n) is 9.69. The number of carbonyl (C=O) groups excluding carboxylic acids is 4. The van der Waals surface area contributed by atoms with Crippen LogP contribution in [0.2, 0.25) is 0 Å². The molecule has 0 aliphatic carbocycles. The van der Waals surface area contributed by atoms with Gasteiger partial charge in [0.1, 0.15) is 24.5 Å². The molecule has 2 aromatic carbocycles. The van der Waals surface area contributed by atoms with Crippen LogP contribution >= 0.6 is 21.6 Å². The molecule has 4 amide bonds. The molecule has 4 aliphatic rings. The van der Waals surface area contributed by atoms with Crippen molar-refractivity contribution in [1.29, 1.82) is 0 Å². The fourth-order valence-corrected chi connectivity index (χ4v) is 9.53. The second kappa shape index (κ2) is 13.6. The molecule has 12 nitrogen and oxygen atoms in total. The highest BCUT2D eigenvalue weighted by Gasteiger charge is 2.55. The molecule has 2 unspecified atom stereocenters. The van der Waals surface area contributed by atoms with E-state index in [1.165, 1.54) is 31.4 Å². The van der Waals surface area contributed by atoms with Crippen molar-refractivity contribution in [3.8, 4) is 0 Å². The molecule has 4 fully saturated rings. The molecule has 0 bridgehead atoms. The first-order valence-corrected chi connectivity index (χ1v) is 18.5. The Kier molecular flexibility index (Phi) is 9.86. The highest BCUT2D eigenvalue weighted by atomic mass is 33.1. The Hall–Kier alpha value is -3.14. The third-order valence-corrected chi connectivity index (χ3v) is 12.2. The molecule has 48 heavy (non-hydrogen) atoms. The van der Waals surface area contributed by atoms with Crippen molar-refractivity contribution in [2.75, 3.05) is 23.8 Å². The first-order valence-electron chi connectivity index (χ1n) is 16.3. The molecule has 6 rings (SSSR count). The van der Waals surface area contributed by atoms with Gasteiger partial charge in [0.2, 0.25) is 23.6 Å². The Labute approximate surface area is 288 Å². The number of ether oxygens (including phenoxy) is 2. The molecule has 4 saturated heterocycles. The molecule has 258 valence electrons. The van der Waals surface area contributed by atoms with Crippen molar-refractivity contribution in [2.24, 2.45) is 22.3 Å². The SMILES string of the molecule is CC1(C)C[C@@H]2OCC[C@H](N)C(=O)N2C1C(=O)Nc1ccccc1SSc1ccccc1NC(=O)C1N2C(=O)[C@@H](N)CCO[C@H]2CC1(C)C. The van der Waals surface area contributed by atoms with E-state index in [1.807, 2.05) is 76.2 Å². The molecule has 14 heteroatoms. The molecule has 4 heterocycles. The van der Waals surface area contributed by atoms with Gasteiger partial charge in [-0.2, -0.15) is 0 Å². The van der Waals surface area contributed by atoms with E-state index in [2.05, 4.69) is 10.6 Å². The summed E-state index contributed by atoms with van der Waals surface area (Å²) in [4.78, 5) is 58.9. The summed E-state index contributed by atoms with van der Waals surface area (Å²) in [5, 5.41) is 6.15. The number of nitrogens with two attached hydrogens (primary N) is 2. The van der Waals surface area contributed by atoms with Gasteiger partial charge in [-0.1, -0.05) is 73.5 Å². The fourth-order valence-electron chi connectivity index (χ4n) is 7.25. The summed E-state index contributed by atoms with van der Waals surface area (Å²) in [5.41, 5.74) is 12.4. The summed E-state index contributed by atoms with van der Waals surface area (Å²) in [5.74, 6) is -1.15. The quantitative estimate of drug-likeness (QED) is 0.313. The number of hydrogen-bond acceptors (Lipinski definition) is 10. The maximum Gasteiger partial charge on any atom is 0.247 e. The van der Waals surface area contributed by atoms with Crippen LogP contribution in [-0.2, 0) is 28.7 Å². The van der Waals surface area contributed by atoms with Gasteiger partial charge >= 0.3 is 0 Å². The Balaban J connectivity index is 1.17. The smallest absolute Gasteiger partial charge is 0.247 e. The average Bonchev–Trinajstić information content (AvgIpc) is 3.36. The summed E-state index contributed by atoms with van der Waals surface area (Å²) in [6.07, 6.45) is 0.900. The van der Waals surface area contributed by atoms with Crippen molar-refractivity contribution in [1.82, 2.24) is 9.80 Å². The van der Waals surface area contributed by atoms with Gasteiger partial charge < -0.3 is 41.4 Å². The van der Waals surface area contributed by atoms with Gasteiger partial charge in [0, 0.05) is 9.79 Å². The Morgan fingerprint density at radius 1 is 0.708 bits per heavy atom. The minimum absolute atomic E-state index is 0.271. The van der Waals surface area contributed by atoms with Crippen molar-refractivity contribution in [3.63, 3.8) is 0 Å².